The van der Waals surface area contributed by atoms with Crippen LogP contribution >= 0.6 is 0 Å². The summed E-state index contributed by atoms with van der Waals surface area (Å²) >= 11 is 0. The zero-order chi connectivity index (χ0) is 11.4. The predicted octanol–water partition coefficient (Wildman–Crippen LogP) is 1.98. The molecule has 0 radical (unpaired) electrons. The average molecular weight is 209 g/mol. The van der Waals surface area contributed by atoms with Crippen LogP contribution in [0.15, 0.2) is 18.2 Å². The second-order valence-corrected chi connectivity index (χ2v) is 3.73. The molecule has 1 atom stereocenters. The number of carbonyl (C=O) groups is 1. The lowest BCUT2D eigenvalue weighted by atomic mass is 9.99. The number of Topliss-reactive ketones (excluding diaryl/α,β-unsaturated/α-hetero) is 1. The summed E-state index contributed by atoms with van der Waals surface area (Å²) in [5.74, 6) is -0.268. The molecule has 0 aliphatic heterocycles. The molecule has 0 fully saturated rings. The summed E-state index contributed by atoms with van der Waals surface area (Å²) in [5.41, 5.74) is 7.27. The molecule has 3 heteroatoms. The Kier molecular flexibility index (Phi) is 3.97. The van der Waals surface area contributed by atoms with E-state index in [-0.39, 0.29) is 11.6 Å². The number of aryl methyl sites for hydroxylation is 1. The lowest BCUT2D eigenvalue weighted by molar-refractivity contribution is -0.119. The van der Waals surface area contributed by atoms with Gasteiger partial charge in [-0.05, 0) is 36.6 Å². The van der Waals surface area contributed by atoms with Gasteiger partial charge in [0.1, 0.15) is 5.82 Å². The highest BCUT2D eigenvalue weighted by Gasteiger charge is 2.12. The van der Waals surface area contributed by atoms with Gasteiger partial charge in [-0.15, -0.1) is 0 Å². The number of benzene rings is 1. The van der Waals surface area contributed by atoms with Gasteiger partial charge < -0.3 is 5.73 Å². The molecule has 2 nitrogen and oxygen atoms in total. The Bertz CT molecular complexity index is 363. The molecular weight excluding hydrogens is 193 g/mol. The minimum Gasteiger partial charge on any atom is -0.322 e. The highest BCUT2D eigenvalue weighted by Crippen LogP contribution is 2.11. The minimum absolute atomic E-state index is 0.00667. The lowest BCUT2D eigenvalue weighted by Crippen LogP contribution is -2.31. The number of carbonyl (C=O) groups excluding carboxylic acids is 1. The molecule has 0 saturated heterocycles. The smallest absolute Gasteiger partial charge is 0.153 e. The molecule has 2 N–H and O–H groups in total. The van der Waals surface area contributed by atoms with Crippen LogP contribution in [0.3, 0.4) is 0 Å². The van der Waals surface area contributed by atoms with E-state index in [1.54, 1.807) is 13.0 Å². The van der Waals surface area contributed by atoms with Crippen LogP contribution in [0.1, 0.15) is 24.5 Å². The van der Waals surface area contributed by atoms with Crippen molar-refractivity contribution in [1.82, 2.24) is 0 Å². The van der Waals surface area contributed by atoms with Crippen molar-refractivity contribution in [2.75, 3.05) is 0 Å². The van der Waals surface area contributed by atoms with Crippen molar-refractivity contribution in [2.45, 2.75) is 32.7 Å². The monoisotopic (exact) mass is 209 g/mol. The highest BCUT2D eigenvalue weighted by molar-refractivity contribution is 5.86. The second-order valence-electron chi connectivity index (χ2n) is 3.73. The number of nitrogens with two attached hydrogens (primary N) is 1. The van der Waals surface area contributed by atoms with Crippen LogP contribution in [-0.4, -0.2) is 11.8 Å². The van der Waals surface area contributed by atoms with Gasteiger partial charge in [-0.25, -0.2) is 4.39 Å². The normalized spacial score (nSPS) is 12.5. The largest absolute Gasteiger partial charge is 0.322 e. The first kappa shape index (κ1) is 11.9. The molecule has 0 bridgehead atoms. The number of rotatable bonds is 4. The predicted molar refractivity (Wildman–Crippen MR) is 58.1 cm³/mol. The van der Waals surface area contributed by atoms with E-state index in [4.69, 9.17) is 5.73 Å². The number of hydrogen-bond acceptors (Lipinski definition) is 2. The van der Waals surface area contributed by atoms with Gasteiger partial charge in [-0.2, -0.15) is 0 Å². The number of halogens is 1. The third-order valence-electron chi connectivity index (χ3n) is 2.52. The fourth-order valence-corrected chi connectivity index (χ4v) is 1.40. The molecule has 0 aliphatic rings. The standard InChI is InChI=1S/C12H16FNO/c1-3-11(14)12(15)7-9-4-5-10(13)6-8(9)2/h4-6,11H,3,7,14H2,1-2H3. The second kappa shape index (κ2) is 5.03. The molecular formula is C12H16FNO. The number of hydrogen-bond donors (Lipinski definition) is 1. The van der Waals surface area contributed by atoms with Crippen LogP contribution in [0, 0.1) is 12.7 Å². The molecule has 0 spiro atoms. The Morgan fingerprint density at radius 1 is 1.53 bits per heavy atom. The SMILES string of the molecule is CCC(N)C(=O)Cc1ccc(F)cc1C. The molecule has 0 aromatic heterocycles. The van der Waals surface area contributed by atoms with Crippen LogP contribution < -0.4 is 5.73 Å². The lowest BCUT2D eigenvalue weighted by Gasteiger charge is -2.09. The molecule has 1 unspecified atom stereocenters. The van der Waals surface area contributed by atoms with Crippen molar-refractivity contribution >= 4 is 5.78 Å². The molecule has 0 heterocycles. The first-order valence-corrected chi connectivity index (χ1v) is 5.08. The molecule has 15 heavy (non-hydrogen) atoms. The summed E-state index contributed by atoms with van der Waals surface area (Å²) in [6, 6.07) is 4.03. The van der Waals surface area contributed by atoms with Crippen LogP contribution in [0.4, 0.5) is 4.39 Å². The van der Waals surface area contributed by atoms with E-state index < -0.39 is 6.04 Å². The van der Waals surface area contributed by atoms with Crippen molar-refractivity contribution in [3.63, 3.8) is 0 Å². The van der Waals surface area contributed by atoms with Crippen LogP contribution in [0.2, 0.25) is 0 Å². The summed E-state index contributed by atoms with van der Waals surface area (Å²) in [7, 11) is 0. The van der Waals surface area contributed by atoms with Gasteiger partial charge in [0.05, 0.1) is 6.04 Å². The van der Waals surface area contributed by atoms with E-state index in [0.29, 0.717) is 12.8 Å². The zero-order valence-corrected chi connectivity index (χ0v) is 9.09. The van der Waals surface area contributed by atoms with E-state index in [1.807, 2.05) is 6.92 Å². The summed E-state index contributed by atoms with van der Waals surface area (Å²) in [6.07, 6.45) is 0.931. The Balaban J connectivity index is 2.77. The summed E-state index contributed by atoms with van der Waals surface area (Å²) in [6.45, 7) is 3.67. The molecule has 0 aliphatic carbocycles. The van der Waals surface area contributed by atoms with E-state index in [1.165, 1.54) is 12.1 Å². The Labute approximate surface area is 89.3 Å². The zero-order valence-electron chi connectivity index (χ0n) is 9.09. The van der Waals surface area contributed by atoms with Crippen molar-refractivity contribution in [3.05, 3.63) is 35.1 Å². The molecule has 82 valence electrons. The van der Waals surface area contributed by atoms with Crippen LogP contribution in [-0.2, 0) is 11.2 Å². The minimum atomic E-state index is -0.408. The third-order valence-corrected chi connectivity index (χ3v) is 2.52. The van der Waals surface area contributed by atoms with Crippen LogP contribution in [0.5, 0.6) is 0 Å². The van der Waals surface area contributed by atoms with Crippen molar-refractivity contribution in [3.8, 4) is 0 Å². The van der Waals surface area contributed by atoms with E-state index in [9.17, 15) is 9.18 Å². The maximum Gasteiger partial charge on any atom is 0.153 e. The Morgan fingerprint density at radius 2 is 2.20 bits per heavy atom. The van der Waals surface area contributed by atoms with Gasteiger partial charge in [0.25, 0.3) is 0 Å². The summed E-state index contributed by atoms with van der Waals surface area (Å²) in [5, 5.41) is 0. The molecule has 0 amide bonds. The van der Waals surface area contributed by atoms with Gasteiger partial charge in [-0.3, -0.25) is 4.79 Å². The molecule has 1 aromatic rings. The van der Waals surface area contributed by atoms with Crippen molar-refractivity contribution < 1.29 is 9.18 Å². The van der Waals surface area contributed by atoms with Gasteiger partial charge in [0.2, 0.25) is 0 Å². The summed E-state index contributed by atoms with van der Waals surface area (Å²) in [4.78, 5) is 11.6. The number of ketones is 1. The average Bonchev–Trinajstić information content (AvgIpc) is 2.20. The topological polar surface area (TPSA) is 43.1 Å². The van der Waals surface area contributed by atoms with Crippen molar-refractivity contribution in [1.29, 1.82) is 0 Å². The maximum absolute atomic E-state index is 12.8. The fraction of sp³-hybridized carbons (Fsp3) is 0.417. The van der Waals surface area contributed by atoms with E-state index in [0.717, 1.165) is 11.1 Å². The Morgan fingerprint density at radius 3 is 2.73 bits per heavy atom. The fourth-order valence-electron chi connectivity index (χ4n) is 1.40. The van der Waals surface area contributed by atoms with Crippen LogP contribution in [0.25, 0.3) is 0 Å². The highest BCUT2D eigenvalue weighted by atomic mass is 19.1. The molecule has 1 rings (SSSR count). The van der Waals surface area contributed by atoms with E-state index >= 15 is 0 Å². The van der Waals surface area contributed by atoms with Crippen molar-refractivity contribution in [2.24, 2.45) is 5.73 Å². The van der Waals surface area contributed by atoms with Gasteiger partial charge >= 0.3 is 0 Å². The first-order valence-electron chi connectivity index (χ1n) is 5.08. The van der Waals surface area contributed by atoms with E-state index in [2.05, 4.69) is 0 Å². The third kappa shape index (κ3) is 3.13. The molecule has 0 saturated carbocycles. The quantitative estimate of drug-likeness (QED) is 0.824. The maximum atomic E-state index is 12.8. The first-order chi connectivity index (χ1) is 7.04. The Hall–Kier alpha value is -1.22. The molecule has 1 aromatic carbocycles. The van der Waals surface area contributed by atoms with Gasteiger partial charge in [0.15, 0.2) is 5.78 Å². The summed E-state index contributed by atoms with van der Waals surface area (Å²) < 4.78 is 12.8. The van der Waals surface area contributed by atoms with Gasteiger partial charge in [-0.1, -0.05) is 13.0 Å². The van der Waals surface area contributed by atoms with Gasteiger partial charge in [0, 0.05) is 6.42 Å².